The van der Waals surface area contributed by atoms with E-state index in [0.29, 0.717) is 25.2 Å². The summed E-state index contributed by atoms with van der Waals surface area (Å²) >= 11 is 5.37. The highest BCUT2D eigenvalue weighted by molar-refractivity contribution is 9.10. The van der Waals surface area contributed by atoms with Gasteiger partial charge in [-0.3, -0.25) is 14.6 Å². The first-order valence-electron chi connectivity index (χ1n) is 14.2. The zero-order valence-corrected chi connectivity index (χ0v) is 28.8. The van der Waals surface area contributed by atoms with E-state index in [2.05, 4.69) is 110 Å². The van der Waals surface area contributed by atoms with E-state index in [1.807, 2.05) is 24.8 Å². The predicted octanol–water partition coefficient (Wildman–Crippen LogP) is 8.05. The monoisotopic (exact) mass is 633 g/mol. The van der Waals surface area contributed by atoms with Gasteiger partial charge in [-0.05, 0) is 85.5 Å². The molecule has 3 rings (SSSR count). The first-order valence-corrected chi connectivity index (χ1v) is 18.7. The van der Waals surface area contributed by atoms with Crippen molar-refractivity contribution in [2.75, 3.05) is 32.7 Å². The molecule has 0 radical (unpaired) electrons. The zero-order valence-electron chi connectivity index (χ0n) is 25.4. The zero-order chi connectivity index (χ0) is 29.1. The Morgan fingerprint density at radius 2 is 1.87 bits per heavy atom. The van der Waals surface area contributed by atoms with Gasteiger partial charge in [0, 0.05) is 54.2 Å². The molecule has 2 aromatic rings. The van der Waals surface area contributed by atoms with Gasteiger partial charge in [-0.15, -0.1) is 17.9 Å². The van der Waals surface area contributed by atoms with Crippen LogP contribution in [0.4, 0.5) is 0 Å². The van der Waals surface area contributed by atoms with Gasteiger partial charge < -0.3 is 9.33 Å². The molecule has 1 saturated heterocycles. The molecule has 1 fully saturated rings. The molecule has 0 unspecified atom stereocenters. The SMILES string of the molecule is C=CCN1C[C@H](C)N([C@H](c2cccc(O[Si](C)(C)C(C)(C)C)c2)c2cc(Br)c(C(=O)N(CC)CC)s2)C[C@H]1C. The fourth-order valence-electron chi connectivity index (χ4n) is 5.04. The van der Waals surface area contributed by atoms with Crippen molar-refractivity contribution in [3.05, 3.63) is 62.8 Å². The Kier molecular flexibility index (Phi) is 10.7. The van der Waals surface area contributed by atoms with Crippen LogP contribution >= 0.6 is 27.3 Å². The summed E-state index contributed by atoms with van der Waals surface area (Å²) in [4.78, 5) is 22.3. The van der Waals surface area contributed by atoms with Crippen LogP contribution in [0.1, 0.15) is 74.6 Å². The fraction of sp³-hybridized carbons (Fsp3) is 0.581. The van der Waals surface area contributed by atoms with E-state index < -0.39 is 8.32 Å². The maximum Gasteiger partial charge on any atom is 0.265 e. The van der Waals surface area contributed by atoms with Crippen LogP contribution in [0.25, 0.3) is 0 Å². The highest BCUT2D eigenvalue weighted by Gasteiger charge is 2.40. The normalized spacial score (nSPS) is 20.1. The molecule has 0 N–H and O–H groups in total. The second-order valence-corrected chi connectivity index (χ2v) is 18.9. The number of carbonyl (C=O) groups excluding carboxylic acids is 1. The van der Waals surface area contributed by atoms with Crippen LogP contribution in [0.2, 0.25) is 18.1 Å². The number of halogens is 1. The summed E-state index contributed by atoms with van der Waals surface area (Å²) in [6.07, 6.45) is 2.00. The minimum atomic E-state index is -1.99. The van der Waals surface area contributed by atoms with Gasteiger partial charge in [0.15, 0.2) is 0 Å². The molecule has 5 nitrogen and oxygen atoms in total. The smallest absolute Gasteiger partial charge is 0.265 e. The first-order chi connectivity index (χ1) is 18.2. The molecule has 0 bridgehead atoms. The molecule has 1 aliphatic heterocycles. The Labute approximate surface area is 250 Å². The molecule has 0 spiro atoms. The number of hydrogen-bond donors (Lipinski definition) is 0. The Hall–Kier alpha value is -1.45. The minimum Gasteiger partial charge on any atom is -0.543 e. The average Bonchev–Trinajstić information content (AvgIpc) is 3.23. The van der Waals surface area contributed by atoms with Crippen molar-refractivity contribution >= 4 is 41.5 Å². The van der Waals surface area contributed by atoms with E-state index in [1.54, 1.807) is 11.3 Å². The van der Waals surface area contributed by atoms with Crippen molar-refractivity contribution in [2.24, 2.45) is 0 Å². The second-order valence-electron chi connectivity index (χ2n) is 12.3. The Morgan fingerprint density at radius 3 is 2.46 bits per heavy atom. The third-order valence-electron chi connectivity index (χ3n) is 8.43. The van der Waals surface area contributed by atoms with Gasteiger partial charge in [0.2, 0.25) is 8.32 Å². The molecule has 8 heteroatoms. The topological polar surface area (TPSA) is 36.0 Å². The van der Waals surface area contributed by atoms with Gasteiger partial charge in [-0.1, -0.05) is 39.0 Å². The van der Waals surface area contributed by atoms with Gasteiger partial charge >= 0.3 is 0 Å². The minimum absolute atomic E-state index is 0.0239. The molecule has 3 atom stereocenters. The number of hydrogen-bond acceptors (Lipinski definition) is 5. The first kappa shape index (κ1) is 32.1. The van der Waals surface area contributed by atoms with Crippen LogP contribution in [-0.2, 0) is 0 Å². The summed E-state index contributed by atoms with van der Waals surface area (Å²) in [7, 11) is -1.99. The van der Waals surface area contributed by atoms with Crippen LogP contribution in [-0.4, -0.2) is 73.7 Å². The summed E-state index contributed by atoms with van der Waals surface area (Å²) in [5.41, 5.74) is 1.21. The predicted molar refractivity (Wildman–Crippen MR) is 173 cm³/mol. The number of nitrogens with zero attached hydrogens (tertiary/aromatic N) is 3. The molecule has 0 aliphatic carbocycles. The van der Waals surface area contributed by atoms with E-state index >= 15 is 0 Å². The molecular formula is C31H48BrN3O2SSi. The summed E-state index contributed by atoms with van der Waals surface area (Å²) in [6.45, 7) is 28.3. The number of rotatable bonds is 10. The highest BCUT2D eigenvalue weighted by Crippen LogP contribution is 2.42. The van der Waals surface area contributed by atoms with E-state index in [1.165, 1.54) is 10.4 Å². The average molecular weight is 635 g/mol. The molecule has 39 heavy (non-hydrogen) atoms. The van der Waals surface area contributed by atoms with Crippen molar-refractivity contribution in [1.29, 1.82) is 0 Å². The molecule has 1 aliphatic rings. The standard InChI is InChI=1S/C31H48BrN3O2SSi/c1-11-17-34-20-23(5)35(21-22(34)4)28(27-19-26(32)29(38-27)30(36)33(12-2)13-3)24-15-14-16-25(18-24)37-39(9,10)31(6,7)8/h11,14-16,18-19,22-23,28H,1,12-13,17,20-21H2,2-10H3/t22-,23+,28-/m1/s1. The van der Waals surface area contributed by atoms with Gasteiger partial charge in [0.05, 0.1) is 6.04 Å². The van der Waals surface area contributed by atoms with Gasteiger partial charge in [-0.2, -0.15) is 0 Å². The molecular weight excluding hydrogens is 586 g/mol. The lowest BCUT2D eigenvalue weighted by Gasteiger charge is -2.47. The summed E-state index contributed by atoms with van der Waals surface area (Å²) < 4.78 is 7.62. The number of benzene rings is 1. The van der Waals surface area contributed by atoms with E-state index in [4.69, 9.17) is 4.43 Å². The Balaban J connectivity index is 2.09. The van der Waals surface area contributed by atoms with Gasteiger partial charge in [-0.25, -0.2) is 0 Å². The number of carbonyl (C=O) groups is 1. The molecule has 2 heterocycles. The Morgan fingerprint density at radius 1 is 1.21 bits per heavy atom. The van der Waals surface area contributed by atoms with Crippen LogP contribution < -0.4 is 4.43 Å². The number of thiophene rings is 1. The van der Waals surface area contributed by atoms with E-state index in [0.717, 1.165) is 34.7 Å². The molecule has 0 saturated carbocycles. The maximum atomic E-state index is 13.4. The lowest BCUT2D eigenvalue weighted by Crippen LogP contribution is -2.57. The van der Waals surface area contributed by atoms with Crippen LogP contribution in [0, 0.1) is 0 Å². The van der Waals surface area contributed by atoms with E-state index in [9.17, 15) is 4.79 Å². The lowest BCUT2D eigenvalue weighted by atomic mass is 9.98. The van der Waals surface area contributed by atoms with Crippen LogP contribution in [0.3, 0.4) is 0 Å². The second kappa shape index (κ2) is 13.0. The third-order valence-corrected chi connectivity index (χ3v) is 14.9. The fourth-order valence-corrected chi connectivity index (χ4v) is 8.04. The largest absolute Gasteiger partial charge is 0.543 e. The molecule has 1 amide bonds. The van der Waals surface area contributed by atoms with Crippen molar-refractivity contribution in [1.82, 2.24) is 14.7 Å². The molecule has 1 aromatic carbocycles. The summed E-state index contributed by atoms with van der Waals surface area (Å²) in [5.74, 6) is 1.03. The van der Waals surface area contributed by atoms with Crippen LogP contribution in [0.15, 0.2) is 47.5 Å². The Bertz CT molecular complexity index is 1140. The molecule has 216 valence electrons. The van der Waals surface area contributed by atoms with Crippen molar-refractivity contribution < 1.29 is 9.22 Å². The van der Waals surface area contributed by atoms with Gasteiger partial charge in [0.25, 0.3) is 5.91 Å². The van der Waals surface area contributed by atoms with Gasteiger partial charge in [0.1, 0.15) is 10.6 Å². The van der Waals surface area contributed by atoms with Crippen molar-refractivity contribution in [3.63, 3.8) is 0 Å². The maximum absolute atomic E-state index is 13.4. The number of amides is 1. The van der Waals surface area contributed by atoms with Crippen molar-refractivity contribution in [2.45, 2.75) is 84.7 Å². The quantitative estimate of drug-likeness (QED) is 0.196. The van der Waals surface area contributed by atoms with Crippen molar-refractivity contribution in [3.8, 4) is 5.75 Å². The van der Waals surface area contributed by atoms with E-state index in [-0.39, 0.29) is 17.0 Å². The molecule has 1 aromatic heterocycles. The summed E-state index contributed by atoms with van der Waals surface area (Å²) in [6, 6.07) is 11.6. The third kappa shape index (κ3) is 7.25. The highest BCUT2D eigenvalue weighted by atomic mass is 79.9. The number of piperazine rings is 1. The van der Waals surface area contributed by atoms with Crippen LogP contribution in [0.5, 0.6) is 5.75 Å². The lowest BCUT2D eigenvalue weighted by molar-refractivity contribution is 0.0315. The summed E-state index contributed by atoms with van der Waals surface area (Å²) in [5, 5.41) is 0.117.